The number of ether oxygens (including phenoxy) is 1. The molecule has 2 aliphatic heterocycles. The molecule has 1 saturated heterocycles. The van der Waals surface area contributed by atoms with E-state index in [0.717, 1.165) is 5.56 Å². The number of nitrogens with zero attached hydrogens (tertiary/aromatic N) is 2. The number of carbonyl (C=O) groups excluding carboxylic acids is 2. The van der Waals surface area contributed by atoms with Crippen molar-refractivity contribution in [2.24, 2.45) is 0 Å². The van der Waals surface area contributed by atoms with Crippen LogP contribution in [0.25, 0.3) is 0 Å². The van der Waals surface area contributed by atoms with Crippen molar-refractivity contribution < 1.29 is 22.7 Å². The first kappa shape index (κ1) is 26.6. The van der Waals surface area contributed by atoms with E-state index in [-0.39, 0.29) is 17.1 Å². The standard InChI is InChI=1S/C28H28N2O5S3/c1-18(36)25(32)29-26-27(17-28(29,37)19(2)31,20-13-15-21(35-3)16-14-20)23-11-7-8-12-24(23)30(26)38(33,34)22-9-5-4-6-10-22/h4-16,18,26,36-37H,17H2,1-3H3/t18?,26-,27-,28-/m0/s1. The Balaban J connectivity index is 1.89. The highest BCUT2D eigenvalue weighted by molar-refractivity contribution is 7.93. The van der Waals surface area contributed by atoms with Crippen LogP contribution >= 0.6 is 25.3 Å². The molecule has 0 spiro atoms. The van der Waals surface area contributed by atoms with Crippen molar-refractivity contribution in [3.05, 3.63) is 90.0 Å². The number of hydrogen-bond donors (Lipinski definition) is 2. The number of benzene rings is 3. The normalized spacial score (nSPS) is 25.0. The number of hydrogen-bond acceptors (Lipinski definition) is 7. The zero-order valence-electron chi connectivity index (χ0n) is 21.1. The van der Waals surface area contributed by atoms with E-state index in [4.69, 9.17) is 17.4 Å². The topological polar surface area (TPSA) is 84.0 Å². The third-order valence-corrected chi connectivity index (χ3v) is 10.2. The quantitative estimate of drug-likeness (QED) is 0.434. The summed E-state index contributed by atoms with van der Waals surface area (Å²) >= 11 is 9.24. The molecule has 10 heteroatoms. The zero-order valence-corrected chi connectivity index (χ0v) is 23.7. The Morgan fingerprint density at radius 3 is 2.18 bits per heavy atom. The van der Waals surface area contributed by atoms with Gasteiger partial charge >= 0.3 is 0 Å². The number of anilines is 1. The SMILES string of the molecule is COc1ccc([C@]23C[C@](S)(C(C)=O)N(C(=O)C(C)S)[C@H]2N(S(=O)(=O)c2ccccc2)c2ccccc23)cc1. The number of sulfonamides is 1. The number of rotatable bonds is 6. The van der Waals surface area contributed by atoms with Gasteiger partial charge in [-0.05, 0) is 55.3 Å². The molecule has 198 valence electrons. The van der Waals surface area contributed by atoms with Gasteiger partial charge in [0.1, 0.15) is 16.8 Å². The molecule has 0 N–H and O–H groups in total. The van der Waals surface area contributed by atoms with Crippen LogP contribution in [0, 0.1) is 0 Å². The summed E-state index contributed by atoms with van der Waals surface area (Å²) in [5.74, 6) is -0.222. The fourth-order valence-corrected chi connectivity index (χ4v) is 8.03. The van der Waals surface area contributed by atoms with Gasteiger partial charge in [-0.1, -0.05) is 48.5 Å². The molecular formula is C28H28N2O5S3. The smallest absolute Gasteiger partial charge is 0.266 e. The van der Waals surface area contributed by atoms with Crippen LogP contribution in [0.5, 0.6) is 5.75 Å². The Morgan fingerprint density at radius 2 is 1.61 bits per heavy atom. The minimum atomic E-state index is -4.19. The number of thiol groups is 2. The lowest BCUT2D eigenvalue weighted by Gasteiger charge is -2.41. The van der Waals surface area contributed by atoms with Crippen molar-refractivity contribution in [3.63, 3.8) is 0 Å². The van der Waals surface area contributed by atoms with Gasteiger partial charge in [-0.3, -0.25) is 14.5 Å². The van der Waals surface area contributed by atoms with Gasteiger partial charge in [0.15, 0.2) is 5.78 Å². The highest BCUT2D eigenvalue weighted by Crippen LogP contribution is 2.62. The highest BCUT2D eigenvalue weighted by atomic mass is 32.2. The minimum absolute atomic E-state index is 0.0689. The van der Waals surface area contributed by atoms with Crippen LogP contribution in [0.1, 0.15) is 31.4 Å². The maximum absolute atomic E-state index is 14.4. The molecule has 0 aliphatic carbocycles. The monoisotopic (exact) mass is 568 g/mol. The Morgan fingerprint density at radius 1 is 1.00 bits per heavy atom. The van der Waals surface area contributed by atoms with Crippen molar-refractivity contribution in [3.8, 4) is 5.75 Å². The third kappa shape index (κ3) is 3.68. The van der Waals surface area contributed by atoms with E-state index >= 15 is 0 Å². The molecule has 1 amide bonds. The average Bonchev–Trinajstić information content (AvgIpc) is 3.35. The van der Waals surface area contributed by atoms with E-state index in [0.29, 0.717) is 17.0 Å². The van der Waals surface area contributed by atoms with E-state index in [1.807, 2.05) is 24.3 Å². The van der Waals surface area contributed by atoms with E-state index in [9.17, 15) is 18.0 Å². The molecule has 2 aliphatic rings. The van der Waals surface area contributed by atoms with Gasteiger partial charge in [0, 0.05) is 6.42 Å². The number of amides is 1. The summed E-state index contributed by atoms with van der Waals surface area (Å²) in [6.45, 7) is 2.98. The van der Waals surface area contributed by atoms with Crippen LogP contribution in [0.15, 0.2) is 83.8 Å². The van der Waals surface area contributed by atoms with Crippen LogP contribution in [-0.2, 0) is 25.0 Å². The van der Waals surface area contributed by atoms with Gasteiger partial charge in [-0.15, -0.1) is 12.6 Å². The molecule has 0 radical (unpaired) electrons. The number of para-hydroxylation sites is 1. The number of Topliss-reactive ketones (excluding diaryl/α,β-unsaturated/α-hetero) is 1. The Labute approximate surface area is 233 Å². The van der Waals surface area contributed by atoms with E-state index < -0.39 is 37.6 Å². The molecule has 3 aromatic carbocycles. The average molecular weight is 569 g/mol. The molecule has 0 aromatic heterocycles. The van der Waals surface area contributed by atoms with Crippen LogP contribution in [0.3, 0.4) is 0 Å². The molecule has 5 rings (SSSR count). The fourth-order valence-electron chi connectivity index (χ4n) is 5.76. The fraction of sp³-hybridized carbons (Fsp3) is 0.286. The Bertz CT molecular complexity index is 1510. The second-order valence-corrected chi connectivity index (χ2v) is 13.0. The van der Waals surface area contributed by atoms with Crippen LogP contribution in [0.2, 0.25) is 0 Å². The van der Waals surface area contributed by atoms with Crippen molar-refractivity contribution in [2.75, 3.05) is 11.4 Å². The summed E-state index contributed by atoms with van der Waals surface area (Å²) in [6.07, 6.45) is -1.04. The number of methoxy groups -OCH3 is 1. The second-order valence-electron chi connectivity index (χ2n) is 9.64. The van der Waals surface area contributed by atoms with E-state index in [1.54, 1.807) is 56.5 Å². The van der Waals surface area contributed by atoms with Crippen LogP contribution < -0.4 is 9.04 Å². The Kier molecular flexibility index (Phi) is 6.56. The number of carbonyl (C=O) groups is 2. The number of fused-ring (bicyclic) bond motifs is 3. The summed E-state index contributed by atoms with van der Waals surface area (Å²) < 4.78 is 35.4. The molecule has 4 atom stereocenters. The second kappa shape index (κ2) is 9.36. The third-order valence-electron chi connectivity index (χ3n) is 7.52. The molecule has 2 heterocycles. The summed E-state index contributed by atoms with van der Waals surface area (Å²) in [7, 11) is -2.63. The van der Waals surface area contributed by atoms with Crippen molar-refractivity contribution >= 4 is 52.7 Å². The summed E-state index contributed by atoms with van der Waals surface area (Å²) in [5, 5.41) is -0.808. The highest BCUT2D eigenvalue weighted by Gasteiger charge is 2.70. The van der Waals surface area contributed by atoms with Gasteiger partial charge in [0.25, 0.3) is 10.0 Å². The molecule has 1 unspecified atom stereocenters. The van der Waals surface area contributed by atoms with Gasteiger partial charge in [-0.2, -0.15) is 12.6 Å². The summed E-state index contributed by atoms with van der Waals surface area (Å²) in [6, 6.07) is 22.6. The predicted molar refractivity (Wildman–Crippen MR) is 152 cm³/mol. The minimum Gasteiger partial charge on any atom is -0.497 e. The molecule has 0 saturated carbocycles. The van der Waals surface area contributed by atoms with E-state index in [2.05, 4.69) is 12.6 Å². The lowest BCUT2D eigenvalue weighted by Crippen LogP contribution is -2.60. The first-order chi connectivity index (χ1) is 18.0. The lowest BCUT2D eigenvalue weighted by atomic mass is 9.72. The first-order valence-electron chi connectivity index (χ1n) is 12.1. The van der Waals surface area contributed by atoms with Crippen LogP contribution in [0.4, 0.5) is 5.69 Å². The first-order valence-corrected chi connectivity index (χ1v) is 14.5. The molecule has 38 heavy (non-hydrogen) atoms. The molecule has 3 aromatic rings. The molecule has 0 bridgehead atoms. The van der Waals surface area contributed by atoms with Crippen molar-refractivity contribution in [1.82, 2.24) is 4.90 Å². The van der Waals surface area contributed by atoms with Crippen molar-refractivity contribution in [1.29, 1.82) is 0 Å². The van der Waals surface area contributed by atoms with Crippen molar-refractivity contribution in [2.45, 2.75) is 46.9 Å². The maximum atomic E-state index is 14.4. The van der Waals surface area contributed by atoms with E-state index in [1.165, 1.54) is 28.3 Å². The zero-order chi connectivity index (χ0) is 27.5. The largest absolute Gasteiger partial charge is 0.497 e. The van der Waals surface area contributed by atoms with Gasteiger partial charge in [-0.25, -0.2) is 12.7 Å². The van der Waals surface area contributed by atoms with Crippen LogP contribution in [-0.4, -0.2) is 48.4 Å². The predicted octanol–water partition coefficient (Wildman–Crippen LogP) is 4.28. The molecule has 7 nitrogen and oxygen atoms in total. The molecule has 1 fully saturated rings. The van der Waals surface area contributed by atoms with Gasteiger partial charge in [0.05, 0.1) is 28.4 Å². The maximum Gasteiger partial charge on any atom is 0.266 e. The molecular weight excluding hydrogens is 541 g/mol. The van der Waals surface area contributed by atoms with Gasteiger partial charge < -0.3 is 4.74 Å². The number of likely N-dealkylation sites (tertiary alicyclic amines) is 1. The summed E-state index contributed by atoms with van der Waals surface area (Å²) in [4.78, 5) is 26.9. The number of ketones is 1. The van der Waals surface area contributed by atoms with Gasteiger partial charge in [0.2, 0.25) is 5.91 Å². The lowest BCUT2D eigenvalue weighted by molar-refractivity contribution is -0.139. The Hall–Kier alpha value is -2.95. The summed E-state index contributed by atoms with van der Waals surface area (Å²) in [5.41, 5.74) is 0.775.